The van der Waals surface area contributed by atoms with Gasteiger partial charge in [-0.1, -0.05) is 36.4 Å². The molecule has 3 rings (SSSR count). The van der Waals surface area contributed by atoms with Gasteiger partial charge in [-0.3, -0.25) is 10.1 Å². The van der Waals surface area contributed by atoms with E-state index in [1.54, 1.807) is 57.2 Å². The molecule has 0 unspecified atom stereocenters. The molecule has 0 aliphatic carbocycles. The van der Waals surface area contributed by atoms with Crippen molar-refractivity contribution in [2.75, 3.05) is 10.2 Å². The Kier molecular flexibility index (Phi) is 6.13. The van der Waals surface area contributed by atoms with E-state index in [9.17, 15) is 24.7 Å². The Morgan fingerprint density at radius 2 is 1.62 bits per heavy atom. The number of hydrogen-bond acceptors (Lipinski definition) is 4. The standard InChI is InChI=1S/C23H28N4O5/c1-14-10-6-8-12-17(14)24-21(30)27(32)20-23(4,5)26(16(3)19(28)29)22(31)25(20)18-13-9-7-11-15(18)2/h6-13,16,20,32H,1-5H3,(H,24,30)(H,28,29)/t16-,20-/m1/s1. The summed E-state index contributed by atoms with van der Waals surface area (Å²) < 4.78 is 0. The van der Waals surface area contributed by atoms with Gasteiger partial charge in [0, 0.05) is 5.69 Å². The number of carboxylic acid groups (broad SMARTS) is 1. The molecule has 1 saturated heterocycles. The molecular formula is C23H28N4O5. The second-order valence-corrected chi connectivity index (χ2v) is 8.44. The van der Waals surface area contributed by atoms with Gasteiger partial charge in [0.1, 0.15) is 6.04 Å². The third kappa shape index (κ3) is 3.87. The predicted molar refractivity (Wildman–Crippen MR) is 120 cm³/mol. The van der Waals surface area contributed by atoms with E-state index in [-0.39, 0.29) is 0 Å². The third-order valence-corrected chi connectivity index (χ3v) is 5.86. The fourth-order valence-corrected chi connectivity index (χ4v) is 4.16. The Hall–Kier alpha value is -3.59. The van der Waals surface area contributed by atoms with Gasteiger partial charge in [-0.2, -0.15) is 5.06 Å². The summed E-state index contributed by atoms with van der Waals surface area (Å²) in [6.07, 6.45) is -1.19. The van der Waals surface area contributed by atoms with Crippen molar-refractivity contribution < 1.29 is 24.7 Å². The van der Waals surface area contributed by atoms with Crippen molar-refractivity contribution in [2.24, 2.45) is 0 Å². The first-order chi connectivity index (χ1) is 15.0. The molecule has 0 aromatic heterocycles. The van der Waals surface area contributed by atoms with Crippen molar-refractivity contribution >= 4 is 29.4 Å². The number of aliphatic carboxylic acids is 1. The maximum absolute atomic E-state index is 13.5. The number of carboxylic acids is 1. The lowest BCUT2D eigenvalue weighted by atomic mass is 9.98. The topological polar surface area (TPSA) is 113 Å². The molecule has 1 aliphatic heterocycles. The first-order valence-corrected chi connectivity index (χ1v) is 10.2. The van der Waals surface area contributed by atoms with Crippen molar-refractivity contribution in [3.05, 3.63) is 59.7 Å². The van der Waals surface area contributed by atoms with Gasteiger partial charge in [0.15, 0.2) is 6.17 Å². The van der Waals surface area contributed by atoms with Crippen molar-refractivity contribution in [2.45, 2.75) is 52.4 Å². The number of aryl methyl sites for hydroxylation is 2. The van der Waals surface area contributed by atoms with E-state index in [0.717, 1.165) is 11.1 Å². The zero-order chi connectivity index (χ0) is 23.8. The van der Waals surface area contributed by atoms with Gasteiger partial charge in [0.2, 0.25) is 0 Å². The molecule has 4 amide bonds. The van der Waals surface area contributed by atoms with Crippen LogP contribution in [-0.4, -0.2) is 56.1 Å². The molecule has 2 atom stereocenters. The molecule has 1 fully saturated rings. The number of urea groups is 2. The average molecular weight is 441 g/mol. The lowest BCUT2D eigenvalue weighted by molar-refractivity contribution is -0.145. The SMILES string of the molecule is Cc1ccccc1NC(=O)N(O)[C@H]1N(c2ccccc2C)C(=O)N([C@H](C)C(=O)O)C1(C)C. The van der Waals surface area contributed by atoms with Crippen LogP contribution in [0.3, 0.4) is 0 Å². The number of hydroxylamine groups is 2. The van der Waals surface area contributed by atoms with Crippen LogP contribution in [0, 0.1) is 13.8 Å². The van der Waals surface area contributed by atoms with Crippen LogP contribution in [-0.2, 0) is 4.79 Å². The van der Waals surface area contributed by atoms with E-state index in [2.05, 4.69) is 5.32 Å². The minimum absolute atomic E-state index is 0.464. The molecule has 32 heavy (non-hydrogen) atoms. The molecule has 1 heterocycles. The molecule has 170 valence electrons. The van der Waals surface area contributed by atoms with Crippen LogP contribution in [0.2, 0.25) is 0 Å². The maximum Gasteiger partial charge on any atom is 0.347 e. The van der Waals surface area contributed by atoms with E-state index < -0.39 is 35.8 Å². The van der Waals surface area contributed by atoms with Gasteiger partial charge < -0.3 is 15.3 Å². The van der Waals surface area contributed by atoms with Crippen molar-refractivity contribution in [1.29, 1.82) is 0 Å². The number of carbonyl (C=O) groups excluding carboxylic acids is 2. The number of amides is 4. The second-order valence-electron chi connectivity index (χ2n) is 8.44. The zero-order valence-corrected chi connectivity index (χ0v) is 18.7. The van der Waals surface area contributed by atoms with Crippen molar-refractivity contribution in [1.82, 2.24) is 9.96 Å². The highest BCUT2D eigenvalue weighted by atomic mass is 16.5. The van der Waals surface area contributed by atoms with E-state index >= 15 is 0 Å². The number of anilines is 2. The number of hydrogen-bond donors (Lipinski definition) is 3. The maximum atomic E-state index is 13.5. The molecule has 0 radical (unpaired) electrons. The molecule has 1 aliphatic rings. The third-order valence-electron chi connectivity index (χ3n) is 5.86. The summed E-state index contributed by atoms with van der Waals surface area (Å²) in [6, 6.07) is 11.5. The normalized spacial score (nSPS) is 18.4. The lowest BCUT2D eigenvalue weighted by Crippen LogP contribution is -2.59. The van der Waals surface area contributed by atoms with Crippen LogP contribution in [0.4, 0.5) is 21.0 Å². The van der Waals surface area contributed by atoms with Crippen LogP contribution in [0.15, 0.2) is 48.5 Å². The summed E-state index contributed by atoms with van der Waals surface area (Å²) >= 11 is 0. The van der Waals surface area contributed by atoms with E-state index in [4.69, 9.17) is 0 Å². The first-order valence-electron chi connectivity index (χ1n) is 10.2. The van der Waals surface area contributed by atoms with Gasteiger partial charge in [-0.05, 0) is 57.9 Å². The molecule has 3 N–H and O–H groups in total. The number of nitrogens with zero attached hydrogens (tertiary/aromatic N) is 3. The van der Waals surface area contributed by atoms with Crippen LogP contribution in [0.5, 0.6) is 0 Å². The number of para-hydroxylation sites is 2. The summed E-state index contributed by atoms with van der Waals surface area (Å²) in [6.45, 7) is 8.26. The molecule has 0 bridgehead atoms. The average Bonchev–Trinajstić information content (AvgIpc) is 2.93. The summed E-state index contributed by atoms with van der Waals surface area (Å²) in [4.78, 5) is 40.7. The summed E-state index contributed by atoms with van der Waals surface area (Å²) in [5.41, 5.74) is 1.28. The highest BCUT2D eigenvalue weighted by Gasteiger charge is 2.58. The van der Waals surface area contributed by atoms with Gasteiger partial charge in [0.05, 0.1) is 11.2 Å². The van der Waals surface area contributed by atoms with Gasteiger partial charge in [-0.15, -0.1) is 0 Å². The second kappa shape index (κ2) is 8.51. The minimum Gasteiger partial charge on any atom is -0.480 e. The molecule has 2 aromatic carbocycles. The fourth-order valence-electron chi connectivity index (χ4n) is 4.16. The van der Waals surface area contributed by atoms with E-state index in [1.807, 2.05) is 19.1 Å². The predicted octanol–water partition coefficient (Wildman–Crippen LogP) is 4.05. The van der Waals surface area contributed by atoms with Gasteiger partial charge >= 0.3 is 18.0 Å². The van der Waals surface area contributed by atoms with Gasteiger partial charge in [0.25, 0.3) is 0 Å². The van der Waals surface area contributed by atoms with Crippen molar-refractivity contribution in [3.8, 4) is 0 Å². The Morgan fingerprint density at radius 3 is 2.19 bits per heavy atom. The van der Waals surface area contributed by atoms with Crippen LogP contribution >= 0.6 is 0 Å². The monoisotopic (exact) mass is 440 g/mol. The van der Waals surface area contributed by atoms with E-state index in [1.165, 1.54) is 16.7 Å². The minimum atomic E-state index is -1.24. The highest BCUT2D eigenvalue weighted by Crippen LogP contribution is 2.40. The molecule has 0 spiro atoms. The quantitative estimate of drug-likeness (QED) is 0.480. The fraction of sp³-hybridized carbons (Fsp3) is 0.348. The summed E-state index contributed by atoms with van der Waals surface area (Å²) in [5.74, 6) is -1.19. The largest absolute Gasteiger partial charge is 0.480 e. The lowest BCUT2D eigenvalue weighted by Gasteiger charge is -2.39. The smallest absolute Gasteiger partial charge is 0.347 e. The Labute approximate surface area is 186 Å². The molecule has 2 aromatic rings. The van der Waals surface area contributed by atoms with Crippen LogP contribution in [0.1, 0.15) is 31.9 Å². The summed E-state index contributed by atoms with van der Waals surface area (Å²) in [5, 5.41) is 23.8. The van der Waals surface area contributed by atoms with Gasteiger partial charge in [-0.25, -0.2) is 14.4 Å². The number of carbonyl (C=O) groups is 3. The van der Waals surface area contributed by atoms with Crippen LogP contribution in [0.25, 0.3) is 0 Å². The summed E-state index contributed by atoms with van der Waals surface area (Å²) in [7, 11) is 0. The zero-order valence-electron chi connectivity index (χ0n) is 18.7. The van der Waals surface area contributed by atoms with Crippen molar-refractivity contribution in [3.63, 3.8) is 0 Å². The Morgan fingerprint density at radius 1 is 1.06 bits per heavy atom. The number of nitrogens with one attached hydrogen (secondary N) is 1. The Balaban J connectivity index is 2.07. The molecule has 9 nitrogen and oxygen atoms in total. The molecule has 0 saturated carbocycles. The highest BCUT2D eigenvalue weighted by molar-refractivity contribution is 6.00. The first kappa shape index (κ1) is 23.1. The molecular weight excluding hydrogens is 412 g/mol. The number of rotatable bonds is 5. The molecule has 9 heteroatoms. The number of benzene rings is 2. The van der Waals surface area contributed by atoms with E-state index in [0.29, 0.717) is 16.4 Å². The van der Waals surface area contributed by atoms with Crippen LogP contribution < -0.4 is 10.2 Å². The Bertz CT molecular complexity index is 1050.